The van der Waals surface area contributed by atoms with E-state index in [0.29, 0.717) is 47.7 Å². The molecule has 2 aromatic carbocycles. The number of alkyl halides is 1. The monoisotopic (exact) mass is 1490 g/mol. The molecule has 0 spiro atoms. The highest BCUT2D eigenvalue weighted by atomic mass is 32.2. The van der Waals surface area contributed by atoms with Gasteiger partial charge in [0.2, 0.25) is 5.91 Å². The number of amides is 1. The molecular formula is C60H66F7N17O17S2. The van der Waals surface area contributed by atoms with E-state index in [1.807, 2.05) is 0 Å². The summed E-state index contributed by atoms with van der Waals surface area (Å²) >= 11 is 2.11. The van der Waals surface area contributed by atoms with Gasteiger partial charge in [-0.1, -0.05) is 20.9 Å². The number of rotatable bonds is 22. The highest BCUT2D eigenvalue weighted by Gasteiger charge is 2.52. The zero-order valence-corrected chi connectivity index (χ0v) is 55.6. The highest BCUT2D eigenvalue weighted by Crippen LogP contribution is 2.44. The molecule has 16 atom stereocenters. The van der Waals surface area contributed by atoms with Gasteiger partial charge >= 0.3 is 18.0 Å². The summed E-state index contributed by atoms with van der Waals surface area (Å²) in [6, 6.07) is -0.543. The number of ether oxygens (including phenoxy) is 8. The average molecular weight is 1500 g/mol. The van der Waals surface area contributed by atoms with Crippen molar-refractivity contribution in [3.05, 3.63) is 109 Å². The molecule has 5 aliphatic rings. The number of likely N-dealkylation sites (tertiary alicyclic amines) is 1. The van der Waals surface area contributed by atoms with Gasteiger partial charge in [0.15, 0.2) is 34.9 Å². The Morgan fingerprint density at radius 1 is 0.553 bits per heavy atom. The van der Waals surface area contributed by atoms with Crippen LogP contribution in [0, 0.1) is 34.9 Å². The molecule has 5 fully saturated rings. The van der Waals surface area contributed by atoms with E-state index in [4.69, 9.17) is 39.3 Å². The molecule has 0 radical (unpaired) electrons. The zero-order chi connectivity index (χ0) is 74.0. The van der Waals surface area contributed by atoms with Gasteiger partial charge in [-0.15, -0.1) is 43.9 Å². The summed E-state index contributed by atoms with van der Waals surface area (Å²) in [5.41, 5.74) is -0.637. The third-order valence-electron chi connectivity index (χ3n) is 17.1. The van der Waals surface area contributed by atoms with Gasteiger partial charge < -0.3 is 78.5 Å². The number of thioether (sulfide) groups is 2. The van der Waals surface area contributed by atoms with Gasteiger partial charge in [-0.25, -0.2) is 69.8 Å². The minimum atomic E-state index is -1.67. The lowest BCUT2D eigenvalue weighted by Gasteiger charge is -2.45. The number of carbonyl (C=O) groups excluding carboxylic acids is 1. The van der Waals surface area contributed by atoms with Crippen molar-refractivity contribution in [2.24, 2.45) is 0 Å². The molecule has 8 aromatic rings. The quantitative estimate of drug-likeness (QED) is 0.0370. The predicted octanol–water partition coefficient (Wildman–Crippen LogP) is 1.22. The molecule has 5 aliphatic heterocycles. The van der Waals surface area contributed by atoms with Gasteiger partial charge in [0.25, 0.3) is 0 Å². The van der Waals surface area contributed by atoms with Crippen LogP contribution in [0.5, 0.6) is 12.0 Å². The Bertz CT molecular complexity index is 4140. The van der Waals surface area contributed by atoms with E-state index in [-0.39, 0.29) is 66.9 Å². The van der Waals surface area contributed by atoms with E-state index in [9.17, 15) is 76.1 Å². The second kappa shape index (κ2) is 33.9. The molecule has 11 heterocycles. The Hall–Kier alpha value is -8.57. The number of aliphatic hydroxyl groups excluding tert-OH is 6. The summed E-state index contributed by atoms with van der Waals surface area (Å²) in [5.74, 6) is -10.7. The molecule has 0 saturated carbocycles. The maximum atomic E-state index is 14.1. The number of carboxylic acids is 1. The standard InChI is InChI=1S/C31H34F3N9O8S.C28H29F3N8O9S.CH3F/c1-48-31-35-7-16(8-36-31)20-9-42(39-38-20)21-12-49-13-23(27(21)46)52-30-29(50-14-24(45)41-3-2-4-41)26(28(47)22(11-44)51-30)43-10-19(37-40-43)15-5-17(32)25(34)18(33)6-15;1-45-28-32-4-13(5-33-28)17-6-38(36-35-17)18-9-46-10-20(24(18)43)49-27-26(47-11-21(41)42)23(25(44)19(8-40)48-27)39-7-16(34-37-39)12-2-14(29)22(31)15(30)3-12;1-2/h5-10,21-23,26-30,44,46-47H,2-4,11-14H2,1H3;2-7,18-20,23-27,40,43-44H,8-11H2,1H3,(H,41,42);1H3/i;;1D. The lowest BCUT2D eigenvalue weighted by Crippen LogP contribution is -2.57. The minimum absolute atomic E-state index is 0.0217. The first-order chi connectivity index (χ1) is 50.1. The van der Waals surface area contributed by atoms with Gasteiger partial charge in [-0.3, -0.25) is 9.18 Å². The number of aromatic nitrogens is 16. The molecule has 6 aromatic heterocycles. The van der Waals surface area contributed by atoms with E-state index in [2.05, 4.69) is 61.2 Å². The normalized spacial score (nSPS) is 27.1. The Labute approximate surface area is 587 Å². The maximum absolute atomic E-state index is 14.1. The SMILES string of the molecule is COc1ncc(-c2cn(C3COCC(SC4OC(CO)C(O)C(n5cc(-c6cc(F)c(F)c(F)c6)nn5)C4OCC(=O)N4CCC4)C3O)nn2)cn1.COc1ncc(-c2cn(C3COCC(SC4OC(CO)C(O)C(n5cc(-c6cc(F)c(F)c(F)c6)nn5)C4OCC(=O)O)C3O)nn2)cn1.[2H]CF. The number of aliphatic carboxylic acids is 1. The van der Waals surface area contributed by atoms with Crippen molar-refractivity contribution in [3.63, 3.8) is 0 Å². The number of halogens is 7. The molecule has 34 nitrogen and oxygen atoms in total. The molecule has 43 heteroatoms. The van der Waals surface area contributed by atoms with Gasteiger partial charge in [0, 0.05) is 60.1 Å². The topological polar surface area (TPSA) is 427 Å². The Morgan fingerprint density at radius 3 is 1.26 bits per heavy atom. The van der Waals surface area contributed by atoms with Crippen molar-refractivity contribution in [3.8, 4) is 57.1 Å². The van der Waals surface area contributed by atoms with Crippen molar-refractivity contribution < 1.29 is 115 Å². The predicted molar refractivity (Wildman–Crippen MR) is 337 cm³/mol. The van der Waals surface area contributed by atoms with Gasteiger partial charge in [-0.2, -0.15) is 0 Å². The summed E-state index contributed by atoms with van der Waals surface area (Å²) < 4.78 is 150. The Morgan fingerprint density at radius 2 is 0.913 bits per heavy atom. The van der Waals surface area contributed by atoms with Crippen LogP contribution in [-0.2, 0) is 38.0 Å². The first kappa shape index (κ1) is 74.2. The molecular weight excluding hydrogens is 1430 g/mol. The van der Waals surface area contributed by atoms with Crippen molar-refractivity contribution in [2.45, 2.75) is 101 Å². The second-order valence-electron chi connectivity index (χ2n) is 23.4. The lowest BCUT2D eigenvalue weighted by atomic mass is 9.97. The van der Waals surface area contributed by atoms with Crippen molar-refractivity contribution >= 4 is 35.4 Å². The van der Waals surface area contributed by atoms with Crippen LogP contribution in [0.4, 0.5) is 30.7 Å². The summed E-state index contributed by atoms with van der Waals surface area (Å²) in [7, 11) is 1.88. The molecule has 5 saturated heterocycles. The van der Waals surface area contributed by atoms with Gasteiger partial charge in [0.1, 0.15) is 108 Å². The van der Waals surface area contributed by atoms with Crippen LogP contribution in [-0.4, -0.2) is 290 Å². The van der Waals surface area contributed by atoms with E-state index < -0.39 is 169 Å². The number of benzene rings is 2. The number of nitrogens with zero attached hydrogens (tertiary/aromatic N) is 17. The first-order valence-electron chi connectivity index (χ1n) is 31.8. The van der Waals surface area contributed by atoms with Crippen molar-refractivity contribution in [1.82, 2.24) is 84.8 Å². The first-order valence-corrected chi connectivity index (χ1v) is 33.0. The Balaban J connectivity index is 0.000000201. The van der Waals surface area contributed by atoms with Crippen LogP contribution >= 0.6 is 23.5 Å². The average Bonchev–Trinajstić information content (AvgIpc) is 1.37. The molecule has 0 bridgehead atoms. The summed E-state index contributed by atoms with van der Waals surface area (Å²) in [6.45, 7) is -1.14. The molecule has 103 heavy (non-hydrogen) atoms. The number of aliphatic hydroxyl groups is 6. The van der Waals surface area contributed by atoms with Crippen molar-refractivity contribution in [1.29, 1.82) is 0 Å². The third-order valence-corrected chi connectivity index (χ3v) is 19.9. The smallest absolute Gasteiger partial charge is 0.329 e. The molecule has 7 N–H and O–H groups in total. The summed E-state index contributed by atoms with van der Waals surface area (Å²) in [5, 5.41) is 107. The maximum Gasteiger partial charge on any atom is 0.329 e. The number of carbonyl (C=O) groups is 2. The van der Waals surface area contributed by atoms with E-state index in [0.717, 1.165) is 46.8 Å². The minimum Gasteiger partial charge on any atom is -0.480 e. The fraction of sp³-hybridized carbons (Fsp3) is 0.500. The summed E-state index contributed by atoms with van der Waals surface area (Å²) in [4.78, 5) is 42.3. The molecule has 0 aliphatic carbocycles. The van der Waals surface area contributed by atoms with Gasteiger partial charge in [-0.05, 0) is 30.7 Å². The number of hydrogen-bond donors (Lipinski definition) is 7. The summed E-state index contributed by atoms with van der Waals surface area (Å²) in [6.07, 6.45) is 2.48. The fourth-order valence-corrected chi connectivity index (χ4v) is 14.5. The zero-order valence-electron chi connectivity index (χ0n) is 54.9. The Kier molecular flexibility index (Phi) is 24.4. The van der Waals surface area contributed by atoms with E-state index >= 15 is 0 Å². The fourth-order valence-electron chi connectivity index (χ4n) is 11.6. The molecule has 1 amide bonds. The highest BCUT2D eigenvalue weighted by molar-refractivity contribution is 8.00. The number of methoxy groups -OCH3 is 2. The second-order valence-corrected chi connectivity index (χ2v) is 26.1. The molecule has 16 unspecified atom stereocenters. The number of carboxylic acid groups (broad SMARTS) is 1. The number of hydrogen-bond acceptors (Lipinski definition) is 30. The van der Waals surface area contributed by atoms with Crippen molar-refractivity contribution in [2.75, 3.05) is 87.3 Å². The van der Waals surface area contributed by atoms with Gasteiger partial charge in [0.05, 0.1) is 110 Å². The van der Waals surface area contributed by atoms with E-state index in [1.54, 1.807) is 17.3 Å². The lowest BCUT2D eigenvalue weighted by molar-refractivity contribution is -0.197. The van der Waals surface area contributed by atoms with Crippen LogP contribution in [0.1, 0.15) is 32.0 Å². The van der Waals surface area contributed by atoms with Crippen LogP contribution in [0.25, 0.3) is 45.0 Å². The van der Waals surface area contributed by atoms with Crippen LogP contribution < -0.4 is 9.47 Å². The van der Waals surface area contributed by atoms with Crippen LogP contribution in [0.3, 0.4) is 0 Å². The van der Waals surface area contributed by atoms with Crippen LogP contribution in [0.2, 0.25) is 0 Å². The molecule has 554 valence electrons. The van der Waals surface area contributed by atoms with Crippen LogP contribution in [0.15, 0.2) is 73.8 Å². The largest absolute Gasteiger partial charge is 0.480 e. The molecule has 13 rings (SSSR count). The third kappa shape index (κ3) is 16.8. The van der Waals surface area contributed by atoms with E-state index in [1.165, 1.54) is 65.4 Å².